The lowest BCUT2D eigenvalue weighted by Gasteiger charge is -2.12. The Bertz CT molecular complexity index is 2010. The van der Waals surface area contributed by atoms with E-state index in [-0.39, 0.29) is 10.5 Å². The van der Waals surface area contributed by atoms with Gasteiger partial charge in [0.05, 0.1) is 26.1 Å². The van der Waals surface area contributed by atoms with Gasteiger partial charge in [0.2, 0.25) is 10.0 Å². The minimum Gasteiger partial charge on any atom is -0.267 e. The molecule has 0 unspecified atom stereocenters. The third-order valence-corrected chi connectivity index (χ3v) is 8.86. The van der Waals surface area contributed by atoms with E-state index in [4.69, 9.17) is 5.10 Å². The number of para-hydroxylation sites is 3. The number of imidazole rings is 1. The van der Waals surface area contributed by atoms with E-state index < -0.39 is 10.0 Å². The van der Waals surface area contributed by atoms with Crippen LogP contribution in [-0.2, 0) is 10.0 Å². The fraction of sp³-hybridized carbons (Fsp3) is 0.0741. The van der Waals surface area contributed by atoms with E-state index in [0.717, 1.165) is 16.7 Å². The minimum absolute atomic E-state index is 0.156. The number of sulfonamides is 1. The highest BCUT2D eigenvalue weighted by atomic mass is 32.2. The number of aromatic nitrogens is 4. The molecule has 37 heavy (non-hydrogen) atoms. The monoisotopic (exact) mass is 527 g/mol. The molecule has 8 nitrogen and oxygen atoms in total. The first-order valence-electron chi connectivity index (χ1n) is 11.4. The van der Waals surface area contributed by atoms with Crippen LogP contribution in [0, 0.1) is 0 Å². The van der Waals surface area contributed by atoms with Gasteiger partial charge in [0, 0.05) is 31.4 Å². The highest BCUT2D eigenvalue weighted by molar-refractivity contribution is 7.89. The molecule has 0 saturated carbocycles. The van der Waals surface area contributed by atoms with Gasteiger partial charge in [-0.25, -0.2) is 26.8 Å². The van der Waals surface area contributed by atoms with Crippen LogP contribution in [0.4, 0.5) is 0 Å². The maximum absolute atomic E-state index is 13.4. The van der Waals surface area contributed by atoms with E-state index in [1.54, 1.807) is 33.4 Å². The Morgan fingerprint density at radius 3 is 2.49 bits per heavy atom. The number of nitrogens with zero attached hydrogens (tertiary/aromatic N) is 5. The minimum atomic E-state index is -3.63. The van der Waals surface area contributed by atoms with Crippen LogP contribution < -0.4 is 10.1 Å². The van der Waals surface area contributed by atoms with Crippen LogP contribution in [0.5, 0.6) is 0 Å². The standard InChI is InChI=1S/C27H21N5O3S2/c1-30(2)37(34,35)21-12-8-9-18(15-21)25-19(17-31(29-25)20-10-4-3-5-11-20)16-24-26(33)32-23-14-7-6-13-22(23)28-27(32)36-24/h3-17H,1-2H3. The molecule has 3 heterocycles. The van der Waals surface area contributed by atoms with E-state index >= 15 is 0 Å². The summed E-state index contributed by atoms with van der Waals surface area (Å²) in [5, 5.41) is 4.79. The second-order valence-electron chi connectivity index (χ2n) is 8.66. The van der Waals surface area contributed by atoms with E-state index in [1.165, 1.54) is 29.7 Å². The van der Waals surface area contributed by atoms with Gasteiger partial charge in [0.15, 0.2) is 4.96 Å². The lowest BCUT2D eigenvalue weighted by Crippen LogP contribution is -2.22. The molecule has 10 heteroatoms. The SMILES string of the molecule is CN(C)S(=O)(=O)c1cccc(-c2nn(-c3ccccc3)cc2C=c2sc3nc4ccccc4n3c2=O)c1. The summed E-state index contributed by atoms with van der Waals surface area (Å²) < 4.78 is 30.6. The normalized spacial score (nSPS) is 12.8. The number of fused-ring (bicyclic) bond motifs is 3. The summed E-state index contributed by atoms with van der Waals surface area (Å²) in [6.07, 6.45) is 3.64. The molecule has 0 atom stereocenters. The lowest BCUT2D eigenvalue weighted by molar-refractivity contribution is 0.521. The number of hydrogen-bond donors (Lipinski definition) is 0. The van der Waals surface area contributed by atoms with Crippen LogP contribution in [0.25, 0.3) is 39.0 Å². The van der Waals surface area contributed by atoms with Crippen molar-refractivity contribution in [3.8, 4) is 16.9 Å². The average molecular weight is 528 g/mol. The largest absolute Gasteiger partial charge is 0.274 e. The lowest BCUT2D eigenvalue weighted by atomic mass is 10.1. The maximum Gasteiger partial charge on any atom is 0.274 e. The topological polar surface area (TPSA) is 89.6 Å². The van der Waals surface area contributed by atoms with Crippen LogP contribution >= 0.6 is 11.3 Å². The fourth-order valence-corrected chi connectivity index (χ4v) is 6.12. The zero-order valence-electron chi connectivity index (χ0n) is 19.9. The van der Waals surface area contributed by atoms with Crippen molar-refractivity contribution in [3.63, 3.8) is 0 Å². The van der Waals surface area contributed by atoms with Crippen LogP contribution in [0.15, 0.2) is 94.7 Å². The quantitative estimate of drug-likeness (QED) is 0.342. The van der Waals surface area contributed by atoms with E-state index in [9.17, 15) is 13.2 Å². The molecule has 0 radical (unpaired) electrons. The molecule has 6 rings (SSSR count). The molecule has 0 bridgehead atoms. The summed E-state index contributed by atoms with van der Waals surface area (Å²) in [6, 6.07) is 23.8. The van der Waals surface area contributed by atoms with Crippen LogP contribution in [0.1, 0.15) is 5.56 Å². The van der Waals surface area contributed by atoms with Gasteiger partial charge in [-0.05, 0) is 42.5 Å². The van der Waals surface area contributed by atoms with Gasteiger partial charge in [-0.15, -0.1) is 0 Å². The number of thiazole rings is 1. The predicted molar refractivity (Wildman–Crippen MR) is 146 cm³/mol. The van der Waals surface area contributed by atoms with Crippen LogP contribution in [0.3, 0.4) is 0 Å². The molecule has 3 aromatic carbocycles. The molecule has 0 amide bonds. The molecular formula is C27H21N5O3S2. The van der Waals surface area contributed by atoms with Gasteiger partial charge in [-0.3, -0.25) is 4.79 Å². The van der Waals surface area contributed by atoms with Gasteiger partial charge < -0.3 is 0 Å². The molecule has 6 aromatic rings. The zero-order valence-corrected chi connectivity index (χ0v) is 21.6. The second-order valence-corrected chi connectivity index (χ2v) is 11.8. The summed E-state index contributed by atoms with van der Waals surface area (Å²) in [6.45, 7) is 0. The van der Waals surface area contributed by atoms with E-state index in [1.807, 2.05) is 66.9 Å². The molecule has 0 aliphatic rings. The number of benzene rings is 3. The zero-order chi connectivity index (χ0) is 25.7. The van der Waals surface area contributed by atoms with Crippen molar-refractivity contribution in [3.05, 3.63) is 106 Å². The highest BCUT2D eigenvalue weighted by Crippen LogP contribution is 2.27. The Balaban J connectivity index is 1.57. The molecule has 0 spiro atoms. The molecule has 0 aliphatic heterocycles. The van der Waals surface area contributed by atoms with E-state index in [0.29, 0.717) is 26.3 Å². The third kappa shape index (κ3) is 3.95. The summed E-state index contributed by atoms with van der Waals surface area (Å²) in [4.78, 5) is 18.8. The molecule has 0 aliphatic carbocycles. The third-order valence-electron chi connectivity index (χ3n) is 6.08. The summed E-state index contributed by atoms with van der Waals surface area (Å²) in [5.74, 6) is 0. The van der Waals surface area contributed by atoms with Gasteiger partial charge in [-0.2, -0.15) is 5.10 Å². The second kappa shape index (κ2) is 8.77. The van der Waals surface area contributed by atoms with Gasteiger partial charge in [0.1, 0.15) is 5.69 Å². The van der Waals surface area contributed by atoms with Crippen molar-refractivity contribution in [2.75, 3.05) is 14.1 Å². The fourth-order valence-electron chi connectivity index (χ4n) is 4.20. The molecule has 0 N–H and O–H groups in total. The van der Waals surface area contributed by atoms with E-state index in [2.05, 4.69) is 4.98 Å². The average Bonchev–Trinajstić information content (AvgIpc) is 3.58. The molecule has 184 valence electrons. The Morgan fingerprint density at radius 1 is 0.946 bits per heavy atom. The van der Waals surface area contributed by atoms with Gasteiger partial charge in [0.25, 0.3) is 5.56 Å². The maximum atomic E-state index is 13.4. The van der Waals surface area contributed by atoms with Crippen molar-refractivity contribution in [2.24, 2.45) is 0 Å². The predicted octanol–water partition coefficient (Wildman–Crippen LogP) is 3.56. The summed E-state index contributed by atoms with van der Waals surface area (Å²) in [5.41, 5.74) is 4.10. The Hall–Kier alpha value is -4.12. The van der Waals surface area contributed by atoms with Gasteiger partial charge in [-0.1, -0.05) is 53.8 Å². The highest BCUT2D eigenvalue weighted by Gasteiger charge is 2.20. The van der Waals surface area contributed by atoms with Crippen molar-refractivity contribution in [1.29, 1.82) is 0 Å². The molecule has 3 aromatic heterocycles. The van der Waals surface area contributed by atoms with Crippen LogP contribution in [0.2, 0.25) is 0 Å². The first-order valence-corrected chi connectivity index (χ1v) is 13.7. The van der Waals surface area contributed by atoms with Crippen molar-refractivity contribution < 1.29 is 8.42 Å². The molecular weight excluding hydrogens is 506 g/mol. The van der Waals surface area contributed by atoms with Crippen molar-refractivity contribution in [1.82, 2.24) is 23.5 Å². The van der Waals surface area contributed by atoms with Crippen molar-refractivity contribution in [2.45, 2.75) is 4.90 Å². The number of rotatable bonds is 5. The number of hydrogen-bond acceptors (Lipinski definition) is 6. The first-order chi connectivity index (χ1) is 17.8. The van der Waals surface area contributed by atoms with Crippen LogP contribution in [-0.4, -0.2) is 46.0 Å². The Kier molecular flexibility index (Phi) is 5.52. The Labute approximate surface area is 216 Å². The molecule has 0 saturated heterocycles. The summed E-state index contributed by atoms with van der Waals surface area (Å²) in [7, 11) is -0.637. The van der Waals surface area contributed by atoms with Crippen molar-refractivity contribution >= 4 is 43.4 Å². The molecule has 0 fully saturated rings. The summed E-state index contributed by atoms with van der Waals surface area (Å²) >= 11 is 1.31. The first kappa shape index (κ1) is 23.3. The smallest absolute Gasteiger partial charge is 0.267 e. The van der Waals surface area contributed by atoms with Gasteiger partial charge >= 0.3 is 0 Å². The Morgan fingerprint density at radius 2 is 1.70 bits per heavy atom.